The molecule has 0 aliphatic heterocycles. The normalized spacial score (nSPS) is 10.9. The Labute approximate surface area is 113 Å². The third-order valence-electron chi connectivity index (χ3n) is 2.14. The third-order valence-corrected chi connectivity index (χ3v) is 2.14. The maximum absolute atomic E-state index is 8.92. The van der Waals surface area contributed by atoms with E-state index < -0.39 is 6.10 Å². The number of methoxy groups -OCH3 is 2. The van der Waals surface area contributed by atoms with Crippen LogP contribution in [0.4, 0.5) is 0 Å². The van der Waals surface area contributed by atoms with Gasteiger partial charge in [-0.2, -0.15) is 0 Å². The van der Waals surface area contributed by atoms with Crippen LogP contribution in [0.1, 0.15) is 12.5 Å². The molecule has 0 saturated heterocycles. The lowest BCUT2D eigenvalue weighted by Crippen LogP contribution is -1.91. The molecule has 3 nitrogen and oxygen atoms in total. The third kappa shape index (κ3) is 5.21. The molecule has 19 heavy (non-hydrogen) atoms. The van der Waals surface area contributed by atoms with E-state index in [0.717, 1.165) is 5.56 Å². The minimum absolute atomic E-state index is 0.622. The molecule has 0 heterocycles. The summed E-state index contributed by atoms with van der Waals surface area (Å²) >= 11 is 0. The minimum atomic E-state index is -0.622. The first kappa shape index (κ1) is 14.7. The van der Waals surface area contributed by atoms with Crippen LogP contribution >= 0.6 is 0 Å². The van der Waals surface area contributed by atoms with E-state index >= 15 is 0 Å². The lowest BCUT2D eigenvalue weighted by molar-refractivity contribution is 0.253. The van der Waals surface area contributed by atoms with E-state index in [1.807, 2.05) is 6.07 Å². The van der Waals surface area contributed by atoms with Crippen LogP contribution in [-0.4, -0.2) is 25.4 Å². The Hall–Kier alpha value is -2.36. The second kappa shape index (κ2) is 7.87. The van der Waals surface area contributed by atoms with Crippen LogP contribution in [0.5, 0.6) is 11.5 Å². The number of aliphatic hydroxyl groups is 1. The lowest BCUT2D eigenvalue weighted by atomic mass is 10.2. The maximum atomic E-state index is 8.92. The first-order valence-electron chi connectivity index (χ1n) is 5.75. The summed E-state index contributed by atoms with van der Waals surface area (Å²) in [5, 5.41) is 8.92. The fourth-order valence-corrected chi connectivity index (χ4v) is 1.29. The summed E-state index contributed by atoms with van der Waals surface area (Å²) in [5.74, 6) is 12.4. The van der Waals surface area contributed by atoms with Gasteiger partial charge in [-0.25, -0.2) is 0 Å². The van der Waals surface area contributed by atoms with Gasteiger partial charge in [0, 0.05) is 5.56 Å². The van der Waals surface area contributed by atoms with Crippen LogP contribution in [0, 0.1) is 23.7 Å². The van der Waals surface area contributed by atoms with E-state index in [0.29, 0.717) is 11.5 Å². The smallest absolute Gasteiger partial charge is 0.161 e. The van der Waals surface area contributed by atoms with Crippen molar-refractivity contribution in [3.8, 4) is 35.2 Å². The van der Waals surface area contributed by atoms with Crippen LogP contribution in [0.2, 0.25) is 0 Å². The number of allylic oxidation sites excluding steroid dienone is 2. The molecule has 1 aromatic rings. The van der Waals surface area contributed by atoms with E-state index in [9.17, 15) is 0 Å². The maximum Gasteiger partial charge on any atom is 0.161 e. The van der Waals surface area contributed by atoms with Gasteiger partial charge in [-0.3, -0.25) is 0 Å². The van der Waals surface area contributed by atoms with Gasteiger partial charge in [0.25, 0.3) is 0 Å². The molecule has 0 aliphatic carbocycles. The molecule has 0 amide bonds. The number of aliphatic hydroxyl groups excluding tert-OH is 1. The van der Waals surface area contributed by atoms with Crippen LogP contribution < -0.4 is 9.47 Å². The SMILES string of the molecule is COc1ccc(C#C/C=C\C#C[C@@H](C)O)cc1OC. The number of hydrogen-bond acceptors (Lipinski definition) is 3. The van der Waals surface area contributed by atoms with Gasteiger partial charge in [0.15, 0.2) is 11.5 Å². The second-order valence-electron chi connectivity index (χ2n) is 3.64. The summed E-state index contributed by atoms with van der Waals surface area (Å²) in [7, 11) is 3.17. The van der Waals surface area contributed by atoms with Crippen molar-refractivity contribution in [1.29, 1.82) is 0 Å². The van der Waals surface area contributed by atoms with Crippen LogP contribution in [0.3, 0.4) is 0 Å². The Kier molecular flexibility index (Phi) is 6.09. The van der Waals surface area contributed by atoms with E-state index in [-0.39, 0.29) is 0 Å². The summed E-state index contributed by atoms with van der Waals surface area (Å²) < 4.78 is 10.3. The summed E-state index contributed by atoms with van der Waals surface area (Å²) in [5.41, 5.74) is 0.825. The molecular weight excluding hydrogens is 240 g/mol. The molecule has 0 unspecified atom stereocenters. The predicted molar refractivity (Wildman–Crippen MR) is 75.0 cm³/mol. The van der Waals surface area contributed by atoms with Crippen molar-refractivity contribution in [3.05, 3.63) is 35.9 Å². The molecule has 3 heteroatoms. The van der Waals surface area contributed by atoms with Gasteiger partial charge in [0.1, 0.15) is 6.10 Å². The van der Waals surface area contributed by atoms with Crippen molar-refractivity contribution >= 4 is 0 Å². The van der Waals surface area contributed by atoms with Gasteiger partial charge in [0.2, 0.25) is 0 Å². The molecule has 1 rings (SSSR count). The van der Waals surface area contributed by atoms with Gasteiger partial charge in [-0.05, 0) is 37.3 Å². The standard InChI is InChI=1S/C16H16O3/c1-13(17)8-6-4-5-7-9-14-10-11-15(18-2)16(12-14)19-3/h4-5,10-13,17H,1-3H3/b5-4-/t13-/m1/s1. The highest BCUT2D eigenvalue weighted by atomic mass is 16.5. The first-order valence-corrected chi connectivity index (χ1v) is 5.75. The molecule has 0 spiro atoms. The molecule has 0 radical (unpaired) electrons. The lowest BCUT2D eigenvalue weighted by Gasteiger charge is -2.06. The van der Waals surface area contributed by atoms with E-state index in [4.69, 9.17) is 14.6 Å². The van der Waals surface area contributed by atoms with Crippen molar-refractivity contribution < 1.29 is 14.6 Å². The molecule has 1 N–H and O–H groups in total. The van der Waals surface area contributed by atoms with Crippen molar-refractivity contribution in [2.45, 2.75) is 13.0 Å². The molecule has 0 aliphatic rings. The monoisotopic (exact) mass is 256 g/mol. The van der Waals surface area contributed by atoms with E-state index in [2.05, 4.69) is 23.7 Å². The molecular formula is C16H16O3. The Morgan fingerprint density at radius 3 is 2.42 bits per heavy atom. The van der Waals surface area contributed by atoms with Crippen molar-refractivity contribution in [2.24, 2.45) is 0 Å². The van der Waals surface area contributed by atoms with Crippen molar-refractivity contribution in [3.63, 3.8) is 0 Å². The topological polar surface area (TPSA) is 38.7 Å². The minimum Gasteiger partial charge on any atom is -0.493 e. The fourth-order valence-electron chi connectivity index (χ4n) is 1.29. The molecule has 0 saturated carbocycles. The van der Waals surface area contributed by atoms with Crippen molar-refractivity contribution in [1.82, 2.24) is 0 Å². The highest BCUT2D eigenvalue weighted by Gasteiger charge is 2.02. The summed E-state index contributed by atoms with van der Waals surface area (Å²) in [6, 6.07) is 5.46. The Bertz CT molecular complexity index is 563. The van der Waals surface area contributed by atoms with Crippen LogP contribution in [-0.2, 0) is 0 Å². The fraction of sp³-hybridized carbons (Fsp3) is 0.250. The number of rotatable bonds is 2. The van der Waals surface area contributed by atoms with Crippen LogP contribution in [0.15, 0.2) is 30.4 Å². The quantitative estimate of drug-likeness (QED) is 0.822. The highest BCUT2D eigenvalue weighted by Crippen LogP contribution is 2.26. The molecule has 0 bridgehead atoms. The molecule has 0 fully saturated rings. The Morgan fingerprint density at radius 1 is 1.11 bits per heavy atom. The molecule has 0 aromatic heterocycles. The largest absolute Gasteiger partial charge is 0.493 e. The predicted octanol–water partition coefficient (Wildman–Crippen LogP) is 2.00. The van der Waals surface area contributed by atoms with Gasteiger partial charge < -0.3 is 14.6 Å². The second-order valence-corrected chi connectivity index (χ2v) is 3.64. The number of benzene rings is 1. The summed E-state index contributed by atoms with van der Waals surface area (Å²) in [4.78, 5) is 0. The number of hydrogen-bond donors (Lipinski definition) is 1. The Morgan fingerprint density at radius 2 is 1.79 bits per heavy atom. The summed E-state index contributed by atoms with van der Waals surface area (Å²) in [6.07, 6.45) is 2.61. The summed E-state index contributed by atoms with van der Waals surface area (Å²) in [6.45, 7) is 1.61. The highest BCUT2D eigenvalue weighted by molar-refractivity contribution is 5.49. The first-order chi connectivity index (χ1) is 9.17. The van der Waals surface area contributed by atoms with Crippen LogP contribution in [0.25, 0.3) is 0 Å². The number of ether oxygens (including phenoxy) is 2. The Balaban J connectivity index is 2.77. The molecule has 98 valence electrons. The average molecular weight is 256 g/mol. The zero-order chi connectivity index (χ0) is 14.1. The zero-order valence-electron chi connectivity index (χ0n) is 11.2. The molecule has 1 aromatic carbocycles. The average Bonchev–Trinajstić information content (AvgIpc) is 2.42. The van der Waals surface area contributed by atoms with Gasteiger partial charge >= 0.3 is 0 Å². The van der Waals surface area contributed by atoms with Gasteiger partial charge in [0.05, 0.1) is 14.2 Å². The van der Waals surface area contributed by atoms with E-state index in [1.54, 1.807) is 45.4 Å². The molecule has 1 atom stereocenters. The van der Waals surface area contributed by atoms with Crippen molar-refractivity contribution in [2.75, 3.05) is 14.2 Å². The zero-order valence-corrected chi connectivity index (χ0v) is 11.2. The van der Waals surface area contributed by atoms with E-state index in [1.165, 1.54) is 0 Å². The van der Waals surface area contributed by atoms with Gasteiger partial charge in [-0.15, -0.1) is 0 Å². The van der Waals surface area contributed by atoms with Gasteiger partial charge in [-0.1, -0.05) is 23.7 Å².